The normalized spacial score (nSPS) is 15.2. The summed E-state index contributed by atoms with van der Waals surface area (Å²) >= 11 is 1.67. The predicted octanol–water partition coefficient (Wildman–Crippen LogP) is 3.39. The lowest BCUT2D eigenvalue weighted by Gasteiger charge is -2.06. The monoisotopic (exact) mass is 270 g/mol. The zero-order valence-electron chi connectivity index (χ0n) is 10.6. The van der Waals surface area contributed by atoms with E-state index in [0.717, 1.165) is 33.1 Å². The molecule has 0 unspecified atom stereocenters. The van der Waals surface area contributed by atoms with E-state index in [9.17, 15) is 0 Å². The fraction of sp³-hybridized carbons (Fsp3) is 0.286. The van der Waals surface area contributed by atoms with Gasteiger partial charge in [-0.25, -0.2) is 9.97 Å². The van der Waals surface area contributed by atoms with Crippen LogP contribution in [0.2, 0.25) is 0 Å². The van der Waals surface area contributed by atoms with E-state index >= 15 is 0 Å². The van der Waals surface area contributed by atoms with Crippen molar-refractivity contribution in [1.29, 1.82) is 0 Å². The molecule has 1 aliphatic rings. The van der Waals surface area contributed by atoms with Crippen molar-refractivity contribution < 1.29 is 0 Å². The van der Waals surface area contributed by atoms with Crippen LogP contribution in [0.5, 0.6) is 0 Å². The molecule has 0 saturated heterocycles. The van der Waals surface area contributed by atoms with Crippen molar-refractivity contribution in [2.45, 2.75) is 25.8 Å². The summed E-state index contributed by atoms with van der Waals surface area (Å²) in [5.41, 5.74) is 10.1. The standard InChI is InChI=1S/C14H14N4S/c1-8-7-19-12(11(8)15)14-17-10-3-2-6-16-13(10)18(14)9-4-5-9/h2-3,6-7,9H,4-5,15H2,1H3. The summed E-state index contributed by atoms with van der Waals surface area (Å²) in [5, 5.41) is 2.09. The van der Waals surface area contributed by atoms with E-state index in [-0.39, 0.29) is 0 Å². The second-order valence-corrected chi connectivity index (χ2v) is 5.92. The third kappa shape index (κ3) is 1.58. The topological polar surface area (TPSA) is 56.7 Å². The molecule has 4 nitrogen and oxygen atoms in total. The molecule has 0 aliphatic heterocycles. The first-order valence-electron chi connectivity index (χ1n) is 6.42. The van der Waals surface area contributed by atoms with Crippen LogP contribution in [0.4, 0.5) is 5.69 Å². The van der Waals surface area contributed by atoms with Crippen molar-refractivity contribution in [3.63, 3.8) is 0 Å². The fourth-order valence-corrected chi connectivity index (χ4v) is 3.35. The molecule has 3 aromatic heterocycles. The van der Waals surface area contributed by atoms with E-state index in [0.29, 0.717) is 6.04 Å². The summed E-state index contributed by atoms with van der Waals surface area (Å²) in [5.74, 6) is 0.979. The van der Waals surface area contributed by atoms with Crippen LogP contribution in [0.15, 0.2) is 23.7 Å². The van der Waals surface area contributed by atoms with Crippen LogP contribution < -0.4 is 5.73 Å². The van der Waals surface area contributed by atoms with Gasteiger partial charge in [-0.15, -0.1) is 11.3 Å². The molecular weight excluding hydrogens is 256 g/mol. The quantitative estimate of drug-likeness (QED) is 0.776. The van der Waals surface area contributed by atoms with Crippen molar-refractivity contribution in [2.24, 2.45) is 0 Å². The second kappa shape index (κ2) is 3.81. The molecule has 19 heavy (non-hydrogen) atoms. The highest BCUT2D eigenvalue weighted by atomic mass is 32.1. The van der Waals surface area contributed by atoms with Crippen LogP contribution >= 0.6 is 11.3 Å². The fourth-order valence-electron chi connectivity index (χ4n) is 2.39. The molecule has 3 heterocycles. The van der Waals surface area contributed by atoms with Gasteiger partial charge in [0.05, 0.1) is 10.6 Å². The summed E-state index contributed by atoms with van der Waals surface area (Å²) in [6.45, 7) is 2.04. The van der Waals surface area contributed by atoms with E-state index in [4.69, 9.17) is 10.7 Å². The Morgan fingerprint density at radius 3 is 2.95 bits per heavy atom. The molecule has 1 fully saturated rings. The van der Waals surface area contributed by atoms with Crippen LogP contribution in [-0.2, 0) is 0 Å². The highest BCUT2D eigenvalue weighted by molar-refractivity contribution is 7.14. The van der Waals surface area contributed by atoms with Gasteiger partial charge in [-0.1, -0.05) is 0 Å². The van der Waals surface area contributed by atoms with Crippen molar-refractivity contribution in [1.82, 2.24) is 14.5 Å². The van der Waals surface area contributed by atoms with Gasteiger partial charge in [0.25, 0.3) is 0 Å². The Kier molecular flexibility index (Phi) is 2.20. The van der Waals surface area contributed by atoms with E-state index < -0.39 is 0 Å². The molecule has 2 N–H and O–H groups in total. The lowest BCUT2D eigenvalue weighted by molar-refractivity contribution is 0.768. The Morgan fingerprint density at radius 1 is 1.42 bits per heavy atom. The molecule has 0 bridgehead atoms. The number of anilines is 1. The molecule has 0 radical (unpaired) electrons. The smallest absolute Gasteiger partial charge is 0.160 e. The largest absolute Gasteiger partial charge is 0.397 e. The van der Waals surface area contributed by atoms with Gasteiger partial charge in [0.2, 0.25) is 0 Å². The third-order valence-corrected chi connectivity index (χ3v) is 4.70. The van der Waals surface area contributed by atoms with Crippen molar-refractivity contribution in [2.75, 3.05) is 5.73 Å². The number of rotatable bonds is 2. The SMILES string of the molecule is Cc1csc(-c2nc3cccnc3n2C2CC2)c1N. The van der Waals surface area contributed by atoms with E-state index in [1.807, 2.05) is 25.3 Å². The first-order valence-corrected chi connectivity index (χ1v) is 7.30. The van der Waals surface area contributed by atoms with Crippen molar-refractivity contribution >= 4 is 28.2 Å². The summed E-state index contributed by atoms with van der Waals surface area (Å²) in [7, 11) is 0. The third-order valence-electron chi connectivity index (χ3n) is 3.59. The molecule has 3 aromatic rings. The molecule has 0 aromatic carbocycles. The molecule has 0 spiro atoms. The number of aromatic nitrogens is 3. The number of aryl methyl sites for hydroxylation is 1. The van der Waals surface area contributed by atoms with Gasteiger partial charge in [0, 0.05) is 12.2 Å². The Hall–Kier alpha value is -1.88. The van der Waals surface area contributed by atoms with Gasteiger partial charge in [-0.3, -0.25) is 0 Å². The molecule has 1 saturated carbocycles. The number of pyridine rings is 1. The zero-order chi connectivity index (χ0) is 13.0. The van der Waals surface area contributed by atoms with Crippen LogP contribution in [0.25, 0.3) is 21.9 Å². The molecule has 0 atom stereocenters. The van der Waals surface area contributed by atoms with Gasteiger partial charge < -0.3 is 10.3 Å². The first-order chi connectivity index (χ1) is 9.25. The van der Waals surface area contributed by atoms with Crippen molar-refractivity contribution in [3.8, 4) is 10.7 Å². The Morgan fingerprint density at radius 2 is 2.26 bits per heavy atom. The lowest BCUT2D eigenvalue weighted by atomic mass is 10.3. The molecule has 0 amide bonds. The number of hydrogen-bond acceptors (Lipinski definition) is 4. The molecule has 1 aliphatic carbocycles. The van der Waals surface area contributed by atoms with Gasteiger partial charge in [-0.2, -0.15) is 0 Å². The maximum Gasteiger partial charge on any atom is 0.160 e. The zero-order valence-corrected chi connectivity index (χ0v) is 11.4. The van der Waals surface area contributed by atoms with Gasteiger partial charge in [-0.05, 0) is 42.8 Å². The maximum absolute atomic E-state index is 6.18. The Balaban J connectivity index is 2.03. The second-order valence-electron chi connectivity index (χ2n) is 5.04. The first kappa shape index (κ1) is 11.0. The van der Waals surface area contributed by atoms with Crippen LogP contribution in [-0.4, -0.2) is 14.5 Å². The summed E-state index contributed by atoms with van der Waals surface area (Å²) < 4.78 is 2.26. The van der Waals surface area contributed by atoms with Gasteiger partial charge in [0.1, 0.15) is 5.52 Å². The minimum atomic E-state index is 0.539. The van der Waals surface area contributed by atoms with E-state index in [2.05, 4.69) is 14.9 Å². The van der Waals surface area contributed by atoms with Crippen LogP contribution in [0, 0.1) is 6.92 Å². The highest BCUT2D eigenvalue weighted by Crippen LogP contribution is 2.43. The molecule has 5 heteroatoms. The maximum atomic E-state index is 6.18. The molecule has 4 rings (SSSR count). The van der Waals surface area contributed by atoms with Crippen molar-refractivity contribution in [3.05, 3.63) is 29.3 Å². The average Bonchev–Trinajstić information content (AvgIpc) is 3.11. The van der Waals surface area contributed by atoms with E-state index in [1.54, 1.807) is 11.3 Å². The minimum Gasteiger partial charge on any atom is -0.397 e. The number of nitrogens with zero attached hydrogens (tertiary/aromatic N) is 3. The van der Waals surface area contributed by atoms with Gasteiger partial charge >= 0.3 is 0 Å². The Bertz CT molecular complexity index is 767. The lowest BCUT2D eigenvalue weighted by Crippen LogP contribution is -1.99. The number of imidazole rings is 1. The number of fused-ring (bicyclic) bond motifs is 1. The summed E-state index contributed by atoms with van der Waals surface area (Å²) in [6, 6.07) is 4.48. The van der Waals surface area contributed by atoms with Crippen LogP contribution in [0.3, 0.4) is 0 Å². The van der Waals surface area contributed by atoms with Gasteiger partial charge in [0.15, 0.2) is 11.5 Å². The highest BCUT2D eigenvalue weighted by Gasteiger charge is 2.30. The predicted molar refractivity (Wildman–Crippen MR) is 78.3 cm³/mol. The minimum absolute atomic E-state index is 0.539. The summed E-state index contributed by atoms with van der Waals surface area (Å²) in [4.78, 5) is 10.3. The number of thiophene rings is 1. The average molecular weight is 270 g/mol. The molecular formula is C14H14N4S. The number of nitrogen functional groups attached to an aromatic ring is 1. The Labute approximate surface area is 114 Å². The number of nitrogens with two attached hydrogens (primary N) is 1. The molecule has 96 valence electrons. The summed E-state index contributed by atoms with van der Waals surface area (Å²) in [6.07, 6.45) is 4.24. The van der Waals surface area contributed by atoms with E-state index in [1.165, 1.54) is 12.8 Å². The number of hydrogen-bond donors (Lipinski definition) is 1. The van der Waals surface area contributed by atoms with Crippen LogP contribution in [0.1, 0.15) is 24.4 Å².